The van der Waals surface area contributed by atoms with E-state index in [4.69, 9.17) is 4.74 Å². The molecule has 2 N–H and O–H groups in total. The summed E-state index contributed by atoms with van der Waals surface area (Å²) in [6.45, 7) is 3.75. The van der Waals surface area contributed by atoms with E-state index >= 15 is 0 Å². The van der Waals surface area contributed by atoms with Crippen molar-refractivity contribution >= 4 is 11.6 Å². The Kier molecular flexibility index (Phi) is 3.54. The molecule has 20 heavy (non-hydrogen) atoms. The fourth-order valence-corrected chi connectivity index (χ4v) is 2.00. The van der Waals surface area contributed by atoms with Crippen LogP contribution in [0.25, 0.3) is 0 Å². The lowest BCUT2D eigenvalue weighted by Crippen LogP contribution is -2.26. The predicted molar refractivity (Wildman–Crippen MR) is 81.6 cm³/mol. The van der Waals surface area contributed by atoms with Crippen LogP contribution in [0.2, 0.25) is 0 Å². The molecular formula is C16H17N3O. The Morgan fingerprint density at radius 3 is 2.65 bits per heavy atom. The van der Waals surface area contributed by atoms with Crippen molar-refractivity contribution < 1.29 is 4.74 Å². The number of benzene rings is 2. The van der Waals surface area contributed by atoms with Crippen LogP contribution in [0.4, 0.5) is 5.69 Å². The Labute approximate surface area is 118 Å². The van der Waals surface area contributed by atoms with Crippen molar-refractivity contribution in [1.82, 2.24) is 5.32 Å². The van der Waals surface area contributed by atoms with E-state index in [1.807, 2.05) is 48.5 Å². The normalized spacial score (nSPS) is 13.6. The van der Waals surface area contributed by atoms with Gasteiger partial charge in [-0.3, -0.25) is 4.99 Å². The van der Waals surface area contributed by atoms with Gasteiger partial charge >= 0.3 is 0 Å². The van der Waals surface area contributed by atoms with Crippen LogP contribution >= 0.6 is 0 Å². The van der Waals surface area contributed by atoms with Crippen LogP contribution in [0.1, 0.15) is 5.56 Å². The summed E-state index contributed by atoms with van der Waals surface area (Å²) in [6, 6.07) is 15.9. The molecule has 0 aliphatic carbocycles. The fraction of sp³-hybridized carbons (Fsp3) is 0.188. The standard InChI is InChI=1S/C16H17N3O/c1-12-6-8-13(9-7-12)20-15-5-3-2-4-14(15)19-16-17-10-11-18-16/h2-9H,10-11H2,1H3,(H2,17,18,19). The van der Waals surface area contributed by atoms with Crippen molar-refractivity contribution in [1.29, 1.82) is 0 Å². The topological polar surface area (TPSA) is 45.6 Å². The number of hydrogen-bond acceptors (Lipinski definition) is 4. The molecule has 2 aromatic rings. The van der Waals surface area contributed by atoms with E-state index in [1.54, 1.807) is 0 Å². The smallest absolute Gasteiger partial charge is 0.196 e. The first kappa shape index (κ1) is 12.5. The zero-order chi connectivity index (χ0) is 13.8. The average molecular weight is 267 g/mol. The van der Waals surface area contributed by atoms with Crippen molar-refractivity contribution in [2.75, 3.05) is 18.4 Å². The van der Waals surface area contributed by atoms with Crippen molar-refractivity contribution in [3.8, 4) is 11.5 Å². The highest BCUT2D eigenvalue weighted by molar-refractivity contribution is 5.95. The summed E-state index contributed by atoms with van der Waals surface area (Å²) in [7, 11) is 0. The molecule has 0 aromatic heterocycles. The zero-order valence-corrected chi connectivity index (χ0v) is 11.4. The summed E-state index contributed by atoms with van der Waals surface area (Å²) in [5, 5.41) is 6.44. The van der Waals surface area contributed by atoms with Crippen molar-refractivity contribution in [3.63, 3.8) is 0 Å². The number of hydrogen-bond donors (Lipinski definition) is 2. The van der Waals surface area contributed by atoms with Gasteiger partial charge in [-0.25, -0.2) is 0 Å². The second kappa shape index (κ2) is 5.65. The van der Waals surface area contributed by atoms with Gasteiger partial charge < -0.3 is 15.4 Å². The van der Waals surface area contributed by atoms with Crippen LogP contribution in [0.15, 0.2) is 53.5 Å². The van der Waals surface area contributed by atoms with E-state index in [1.165, 1.54) is 5.56 Å². The highest BCUT2D eigenvalue weighted by Gasteiger charge is 2.09. The molecule has 0 atom stereocenters. The maximum atomic E-state index is 5.93. The molecule has 0 saturated heterocycles. The van der Waals surface area contributed by atoms with E-state index < -0.39 is 0 Å². The molecule has 2 aromatic carbocycles. The van der Waals surface area contributed by atoms with Crippen LogP contribution in [-0.4, -0.2) is 19.0 Å². The summed E-state index contributed by atoms with van der Waals surface area (Å²) in [5.41, 5.74) is 2.12. The molecule has 3 rings (SSSR count). The Balaban J connectivity index is 1.80. The lowest BCUT2D eigenvalue weighted by molar-refractivity contribution is 0.485. The minimum atomic E-state index is 0.785. The second-order valence-electron chi connectivity index (χ2n) is 4.69. The maximum Gasteiger partial charge on any atom is 0.196 e. The van der Waals surface area contributed by atoms with E-state index in [-0.39, 0.29) is 0 Å². The largest absolute Gasteiger partial charge is 0.455 e. The lowest BCUT2D eigenvalue weighted by Gasteiger charge is -2.13. The number of rotatable bonds is 3. The quantitative estimate of drug-likeness (QED) is 0.898. The Morgan fingerprint density at radius 1 is 1.10 bits per heavy atom. The van der Waals surface area contributed by atoms with Crippen LogP contribution in [-0.2, 0) is 0 Å². The minimum absolute atomic E-state index is 0.785. The van der Waals surface area contributed by atoms with Gasteiger partial charge in [0.2, 0.25) is 0 Å². The molecule has 4 nitrogen and oxygen atoms in total. The molecule has 0 fully saturated rings. The third-order valence-electron chi connectivity index (χ3n) is 3.06. The number of ether oxygens (including phenoxy) is 1. The Morgan fingerprint density at radius 2 is 1.90 bits per heavy atom. The van der Waals surface area contributed by atoms with Crippen molar-refractivity contribution in [2.24, 2.45) is 4.99 Å². The van der Waals surface area contributed by atoms with E-state index in [9.17, 15) is 0 Å². The molecule has 0 unspecified atom stereocenters. The first-order valence-corrected chi connectivity index (χ1v) is 6.70. The molecule has 1 aliphatic rings. The summed E-state index contributed by atoms with van der Waals surface area (Å²) in [4.78, 5) is 4.33. The van der Waals surface area contributed by atoms with Crippen LogP contribution in [0.3, 0.4) is 0 Å². The molecule has 0 amide bonds. The van der Waals surface area contributed by atoms with Crippen LogP contribution < -0.4 is 15.4 Å². The van der Waals surface area contributed by atoms with Gasteiger partial charge in [-0.2, -0.15) is 0 Å². The van der Waals surface area contributed by atoms with E-state index in [0.29, 0.717) is 0 Å². The third kappa shape index (κ3) is 2.91. The molecule has 0 spiro atoms. The van der Waals surface area contributed by atoms with Gasteiger partial charge in [0.15, 0.2) is 11.7 Å². The first-order chi connectivity index (χ1) is 9.81. The summed E-state index contributed by atoms with van der Waals surface area (Å²) in [6.07, 6.45) is 0. The van der Waals surface area contributed by atoms with Gasteiger partial charge in [0.05, 0.1) is 12.2 Å². The van der Waals surface area contributed by atoms with Gasteiger partial charge in [-0.05, 0) is 31.2 Å². The van der Waals surface area contributed by atoms with E-state index in [0.717, 1.165) is 36.2 Å². The van der Waals surface area contributed by atoms with Gasteiger partial charge in [-0.15, -0.1) is 0 Å². The number of guanidine groups is 1. The molecule has 0 bridgehead atoms. The van der Waals surface area contributed by atoms with Crippen molar-refractivity contribution in [2.45, 2.75) is 6.92 Å². The van der Waals surface area contributed by atoms with Crippen LogP contribution in [0, 0.1) is 6.92 Å². The monoisotopic (exact) mass is 267 g/mol. The Hall–Kier alpha value is -2.49. The third-order valence-corrected chi connectivity index (χ3v) is 3.06. The highest BCUT2D eigenvalue weighted by atomic mass is 16.5. The molecule has 4 heteroatoms. The molecule has 1 heterocycles. The number of aryl methyl sites for hydroxylation is 1. The average Bonchev–Trinajstić information content (AvgIpc) is 2.96. The lowest BCUT2D eigenvalue weighted by atomic mass is 10.2. The SMILES string of the molecule is Cc1ccc(Oc2ccccc2NC2=NCCN2)cc1. The molecule has 1 aliphatic heterocycles. The first-order valence-electron chi connectivity index (χ1n) is 6.70. The van der Waals surface area contributed by atoms with Gasteiger partial charge in [-0.1, -0.05) is 29.8 Å². The number of nitrogens with zero attached hydrogens (tertiary/aromatic N) is 1. The zero-order valence-electron chi connectivity index (χ0n) is 11.4. The number of nitrogens with one attached hydrogen (secondary N) is 2. The molecular weight excluding hydrogens is 250 g/mol. The molecule has 102 valence electrons. The Bertz CT molecular complexity index is 620. The summed E-state index contributed by atoms with van der Waals surface area (Å²) in [5.74, 6) is 2.41. The number of para-hydroxylation sites is 2. The van der Waals surface area contributed by atoms with Crippen LogP contribution in [0.5, 0.6) is 11.5 Å². The van der Waals surface area contributed by atoms with E-state index in [2.05, 4.69) is 22.5 Å². The second-order valence-corrected chi connectivity index (χ2v) is 4.69. The molecule has 0 saturated carbocycles. The van der Waals surface area contributed by atoms with Gasteiger partial charge in [0.25, 0.3) is 0 Å². The van der Waals surface area contributed by atoms with Gasteiger partial charge in [0.1, 0.15) is 5.75 Å². The minimum Gasteiger partial charge on any atom is -0.455 e. The summed E-state index contributed by atoms with van der Waals surface area (Å²) >= 11 is 0. The number of anilines is 1. The van der Waals surface area contributed by atoms with Gasteiger partial charge in [0, 0.05) is 6.54 Å². The molecule has 0 radical (unpaired) electrons. The highest BCUT2D eigenvalue weighted by Crippen LogP contribution is 2.29. The fourth-order valence-electron chi connectivity index (χ4n) is 2.00. The number of aliphatic imine (C=N–C) groups is 1. The predicted octanol–water partition coefficient (Wildman–Crippen LogP) is 3.16. The van der Waals surface area contributed by atoms with Crippen molar-refractivity contribution in [3.05, 3.63) is 54.1 Å². The summed E-state index contributed by atoms with van der Waals surface area (Å²) < 4.78 is 5.93. The maximum absolute atomic E-state index is 5.93.